The van der Waals surface area contributed by atoms with Crippen LogP contribution in [-0.2, 0) is 11.3 Å². The van der Waals surface area contributed by atoms with Crippen molar-refractivity contribution < 1.29 is 19.0 Å². The SMILES string of the molecule is CCCCC(=O)NCc1cc(OC)c(OC)c(OC)c1. The molecule has 0 atom stereocenters. The number of hydrogen-bond acceptors (Lipinski definition) is 4. The number of methoxy groups -OCH3 is 3. The lowest BCUT2D eigenvalue weighted by atomic mass is 10.1. The minimum Gasteiger partial charge on any atom is -0.493 e. The molecule has 0 aliphatic rings. The first-order valence-corrected chi connectivity index (χ1v) is 6.71. The van der Waals surface area contributed by atoms with Crippen molar-refractivity contribution in [2.24, 2.45) is 0 Å². The Balaban J connectivity index is 2.78. The number of rotatable bonds is 8. The summed E-state index contributed by atoms with van der Waals surface area (Å²) in [5.74, 6) is 1.78. The molecule has 0 aromatic heterocycles. The van der Waals surface area contributed by atoms with Gasteiger partial charge in [-0.3, -0.25) is 4.79 Å². The van der Waals surface area contributed by atoms with Crippen molar-refractivity contribution in [3.63, 3.8) is 0 Å². The quantitative estimate of drug-likeness (QED) is 0.795. The fourth-order valence-corrected chi connectivity index (χ4v) is 1.86. The molecule has 1 rings (SSSR count). The minimum atomic E-state index is 0.0561. The molecule has 0 heterocycles. The van der Waals surface area contributed by atoms with Gasteiger partial charge in [0.05, 0.1) is 21.3 Å². The van der Waals surface area contributed by atoms with Gasteiger partial charge >= 0.3 is 0 Å². The first kappa shape index (κ1) is 16.1. The second-order valence-corrected chi connectivity index (χ2v) is 4.41. The molecule has 1 aromatic carbocycles. The summed E-state index contributed by atoms with van der Waals surface area (Å²) < 4.78 is 15.8. The van der Waals surface area contributed by atoms with Crippen LogP contribution in [0.5, 0.6) is 17.2 Å². The fourth-order valence-electron chi connectivity index (χ4n) is 1.86. The molecule has 0 spiro atoms. The van der Waals surface area contributed by atoms with E-state index in [9.17, 15) is 4.79 Å². The lowest BCUT2D eigenvalue weighted by Crippen LogP contribution is -2.22. The van der Waals surface area contributed by atoms with Gasteiger partial charge in [-0.15, -0.1) is 0 Å². The van der Waals surface area contributed by atoms with E-state index >= 15 is 0 Å². The summed E-state index contributed by atoms with van der Waals surface area (Å²) in [7, 11) is 4.70. The molecular weight excluding hydrogens is 258 g/mol. The summed E-state index contributed by atoms with van der Waals surface area (Å²) in [5, 5.41) is 2.88. The largest absolute Gasteiger partial charge is 0.493 e. The highest BCUT2D eigenvalue weighted by Gasteiger charge is 2.13. The summed E-state index contributed by atoms with van der Waals surface area (Å²) in [6, 6.07) is 3.67. The Labute approximate surface area is 120 Å². The van der Waals surface area contributed by atoms with Crippen LogP contribution in [-0.4, -0.2) is 27.2 Å². The summed E-state index contributed by atoms with van der Waals surface area (Å²) in [6.45, 7) is 2.51. The highest BCUT2D eigenvalue weighted by atomic mass is 16.5. The highest BCUT2D eigenvalue weighted by Crippen LogP contribution is 2.38. The third-order valence-corrected chi connectivity index (χ3v) is 2.97. The van der Waals surface area contributed by atoms with Crippen LogP contribution in [0.3, 0.4) is 0 Å². The predicted molar refractivity (Wildman–Crippen MR) is 77.5 cm³/mol. The number of benzene rings is 1. The van der Waals surface area contributed by atoms with Gasteiger partial charge in [0.15, 0.2) is 11.5 Å². The van der Waals surface area contributed by atoms with Crippen LogP contribution >= 0.6 is 0 Å². The maximum Gasteiger partial charge on any atom is 0.220 e. The zero-order chi connectivity index (χ0) is 15.0. The summed E-state index contributed by atoms with van der Waals surface area (Å²) in [6.07, 6.45) is 2.47. The Morgan fingerprint density at radius 2 is 1.70 bits per heavy atom. The van der Waals surface area contributed by atoms with Crippen LogP contribution in [0, 0.1) is 0 Å². The zero-order valence-electron chi connectivity index (χ0n) is 12.6. The van der Waals surface area contributed by atoms with Gasteiger partial charge in [-0.2, -0.15) is 0 Å². The van der Waals surface area contributed by atoms with E-state index in [1.807, 2.05) is 12.1 Å². The Morgan fingerprint density at radius 3 is 2.15 bits per heavy atom. The van der Waals surface area contributed by atoms with Crippen LogP contribution in [0.4, 0.5) is 0 Å². The molecular formula is C15H23NO4. The van der Waals surface area contributed by atoms with Crippen molar-refractivity contribution in [1.29, 1.82) is 0 Å². The topological polar surface area (TPSA) is 56.8 Å². The Morgan fingerprint density at radius 1 is 1.10 bits per heavy atom. The van der Waals surface area contributed by atoms with E-state index in [2.05, 4.69) is 12.2 Å². The standard InChI is InChI=1S/C15H23NO4/c1-5-6-7-14(17)16-10-11-8-12(18-2)15(20-4)13(9-11)19-3/h8-9H,5-7,10H2,1-4H3,(H,16,17). The van der Waals surface area contributed by atoms with E-state index in [4.69, 9.17) is 14.2 Å². The van der Waals surface area contributed by atoms with Crippen molar-refractivity contribution in [1.82, 2.24) is 5.32 Å². The van der Waals surface area contributed by atoms with Crippen molar-refractivity contribution >= 4 is 5.91 Å². The van der Waals surface area contributed by atoms with Crippen LogP contribution in [0.1, 0.15) is 31.7 Å². The molecule has 0 fully saturated rings. The van der Waals surface area contributed by atoms with Crippen molar-refractivity contribution in [3.8, 4) is 17.2 Å². The summed E-state index contributed by atoms with van der Waals surface area (Å²) in [5.41, 5.74) is 0.907. The van der Waals surface area contributed by atoms with Gasteiger partial charge in [0.1, 0.15) is 0 Å². The molecule has 1 amide bonds. The van der Waals surface area contributed by atoms with E-state index in [1.165, 1.54) is 0 Å². The van der Waals surface area contributed by atoms with Crippen molar-refractivity contribution in [3.05, 3.63) is 17.7 Å². The first-order chi connectivity index (χ1) is 9.65. The lowest BCUT2D eigenvalue weighted by Gasteiger charge is -2.14. The maximum absolute atomic E-state index is 11.6. The van der Waals surface area contributed by atoms with E-state index in [0.29, 0.717) is 30.2 Å². The molecule has 0 saturated carbocycles. The molecule has 20 heavy (non-hydrogen) atoms. The third kappa shape index (κ3) is 4.33. The predicted octanol–water partition coefficient (Wildman–Crippen LogP) is 2.52. The normalized spacial score (nSPS) is 10.0. The smallest absolute Gasteiger partial charge is 0.220 e. The first-order valence-electron chi connectivity index (χ1n) is 6.71. The molecule has 0 unspecified atom stereocenters. The third-order valence-electron chi connectivity index (χ3n) is 2.97. The molecule has 0 saturated heterocycles. The van der Waals surface area contributed by atoms with Crippen LogP contribution in [0.25, 0.3) is 0 Å². The molecule has 1 aromatic rings. The molecule has 112 valence electrons. The number of carbonyl (C=O) groups is 1. The van der Waals surface area contributed by atoms with Gasteiger partial charge < -0.3 is 19.5 Å². The average molecular weight is 281 g/mol. The molecule has 5 nitrogen and oxygen atoms in total. The molecule has 0 aliphatic heterocycles. The van der Waals surface area contributed by atoms with Crippen LogP contribution < -0.4 is 19.5 Å². The highest BCUT2D eigenvalue weighted by molar-refractivity contribution is 5.75. The molecule has 0 bridgehead atoms. The second kappa shape index (κ2) is 8.30. The van der Waals surface area contributed by atoms with Crippen molar-refractivity contribution in [2.75, 3.05) is 21.3 Å². The lowest BCUT2D eigenvalue weighted by molar-refractivity contribution is -0.121. The van der Waals surface area contributed by atoms with Gasteiger partial charge in [-0.25, -0.2) is 0 Å². The average Bonchev–Trinajstić information content (AvgIpc) is 2.49. The van der Waals surface area contributed by atoms with E-state index < -0.39 is 0 Å². The van der Waals surface area contributed by atoms with E-state index in [0.717, 1.165) is 18.4 Å². The minimum absolute atomic E-state index is 0.0561. The fraction of sp³-hybridized carbons (Fsp3) is 0.533. The zero-order valence-corrected chi connectivity index (χ0v) is 12.6. The number of carbonyl (C=O) groups excluding carboxylic acids is 1. The van der Waals surface area contributed by atoms with Crippen LogP contribution in [0.2, 0.25) is 0 Å². The number of hydrogen-bond donors (Lipinski definition) is 1. The van der Waals surface area contributed by atoms with Gasteiger partial charge in [0.25, 0.3) is 0 Å². The van der Waals surface area contributed by atoms with Gasteiger partial charge in [-0.1, -0.05) is 13.3 Å². The van der Waals surface area contributed by atoms with Crippen molar-refractivity contribution in [2.45, 2.75) is 32.7 Å². The maximum atomic E-state index is 11.6. The molecule has 5 heteroatoms. The second-order valence-electron chi connectivity index (χ2n) is 4.41. The number of ether oxygens (including phenoxy) is 3. The van der Waals surface area contributed by atoms with Gasteiger partial charge in [0, 0.05) is 13.0 Å². The number of nitrogens with one attached hydrogen (secondary N) is 1. The number of amides is 1. The summed E-state index contributed by atoms with van der Waals surface area (Å²) >= 11 is 0. The molecule has 1 N–H and O–H groups in total. The number of unbranched alkanes of at least 4 members (excludes halogenated alkanes) is 1. The van der Waals surface area contributed by atoms with Gasteiger partial charge in [-0.05, 0) is 24.1 Å². The van der Waals surface area contributed by atoms with Gasteiger partial charge in [0.2, 0.25) is 11.7 Å². The van der Waals surface area contributed by atoms with E-state index in [1.54, 1.807) is 21.3 Å². The Hall–Kier alpha value is -1.91. The molecule has 0 radical (unpaired) electrons. The van der Waals surface area contributed by atoms with Crippen LogP contribution in [0.15, 0.2) is 12.1 Å². The van der Waals surface area contributed by atoms with E-state index in [-0.39, 0.29) is 5.91 Å². The Bertz CT molecular complexity index is 420. The Kier molecular flexibility index (Phi) is 6.70. The molecule has 0 aliphatic carbocycles. The summed E-state index contributed by atoms with van der Waals surface area (Å²) in [4.78, 5) is 11.6. The monoisotopic (exact) mass is 281 g/mol.